The number of fused-ring (bicyclic) bond motifs is 1. The summed E-state index contributed by atoms with van der Waals surface area (Å²) >= 11 is 0. The van der Waals surface area contributed by atoms with Crippen LogP contribution in [0.5, 0.6) is 5.75 Å². The maximum Gasteiger partial charge on any atom is 0.257 e. The second-order valence-corrected chi connectivity index (χ2v) is 10.2. The van der Waals surface area contributed by atoms with Gasteiger partial charge in [0.25, 0.3) is 5.91 Å². The molecule has 33 heavy (non-hydrogen) atoms. The van der Waals surface area contributed by atoms with Crippen molar-refractivity contribution >= 4 is 5.91 Å². The molecule has 3 fully saturated rings. The summed E-state index contributed by atoms with van der Waals surface area (Å²) in [7, 11) is 0. The number of piperidine rings is 1. The Morgan fingerprint density at radius 1 is 1.09 bits per heavy atom. The number of nitrogens with zero attached hydrogens (tertiary/aromatic N) is 1. The van der Waals surface area contributed by atoms with E-state index in [9.17, 15) is 9.90 Å². The van der Waals surface area contributed by atoms with E-state index in [1.807, 2.05) is 42.5 Å². The number of rotatable bonds is 9. The van der Waals surface area contributed by atoms with Gasteiger partial charge in [-0.2, -0.15) is 0 Å². The van der Waals surface area contributed by atoms with Crippen molar-refractivity contribution in [2.24, 2.45) is 17.8 Å². The fourth-order valence-electron chi connectivity index (χ4n) is 6.04. The van der Waals surface area contributed by atoms with Gasteiger partial charge in [0.1, 0.15) is 5.75 Å². The molecular formula is C28H36N2O3. The quantitative estimate of drug-likeness (QED) is 0.572. The molecule has 3 aliphatic rings. The van der Waals surface area contributed by atoms with E-state index in [1.165, 1.54) is 5.56 Å². The van der Waals surface area contributed by atoms with E-state index in [4.69, 9.17) is 4.74 Å². The van der Waals surface area contributed by atoms with Crippen molar-refractivity contribution in [2.75, 3.05) is 26.2 Å². The Balaban J connectivity index is 1.10. The number of hydrogen-bond donors (Lipinski definition) is 2. The molecule has 176 valence electrons. The van der Waals surface area contributed by atoms with Crippen LogP contribution < -0.4 is 10.1 Å². The van der Waals surface area contributed by atoms with Gasteiger partial charge in [-0.25, -0.2) is 0 Å². The number of carbonyl (C=O) groups excluding carboxylic acids is 1. The molecule has 0 spiro atoms. The van der Waals surface area contributed by atoms with Crippen LogP contribution in [-0.2, 0) is 10.4 Å². The lowest BCUT2D eigenvalue weighted by Gasteiger charge is -2.33. The maximum atomic E-state index is 13.4. The number of amides is 1. The number of carbonyl (C=O) groups is 1. The normalized spacial score (nSPS) is 26.5. The maximum absolute atomic E-state index is 13.4. The molecule has 2 aromatic rings. The van der Waals surface area contributed by atoms with Gasteiger partial charge in [0.05, 0.1) is 6.61 Å². The van der Waals surface area contributed by atoms with Gasteiger partial charge >= 0.3 is 0 Å². The Bertz CT molecular complexity index is 947. The molecule has 3 unspecified atom stereocenters. The van der Waals surface area contributed by atoms with Crippen LogP contribution in [0.3, 0.4) is 0 Å². The van der Waals surface area contributed by atoms with Crippen LogP contribution in [-0.4, -0.2) is 48.2 Å². The molecule has 2 aromatic carbocycles. The first kappa shape index (κ1) is 22.4. The molecule has 2 aliphatic carbocycles. The SMILES string of the molecule is Cc1cccc(OCCCN2CC3C(NC(=O)C(O)(c4ccccc4)C4CCCC4)[C@H]3C2)c1. The third-order valence-corrected chi connectivity index (χ3v) is 7.95. The summed E-state index contributed by atoms with van der Waals surface area (Å²) in [6, 6.07) is 17.9. The van der Waals surface area contributed by atoms with E-state index in [1.54, 1.807) is 0 Å². The third-order valence-electron chi connectivity index (χ3n) is 7.95. The molecule has 0 bridgehead atoms. The van der Waals surface area contributed by atoms with Crippen LogP contribution in [0.4, 0.5) is 0 Å². The number of benzene rings is 2. The lowest BCUT2D eigenvalue weighted by Crippen LogP contribution is -2.51. The van der Waals surface area contributed by atoms with Gasteiger partial charge in [0, 0.05) is 31.6 Å². The topological polar surface area (TPSA) is 61.8 Å². The fraction of sp³-hybridized carbons (Fsp3) is 0.536. The van der Waals surface area contributed by atoms with Crippen molar-refractivity contribution in [3.05, 3.63) is 65.7 Å². The molecule has 5 nitrogen and oxygen atoms in total. The van der Waals surface area contributed by atoms with Crippen LogP contribution in [0.15, 0.2) is 54.6 Å². The predicted octanol–water partition coefficient (Wildman–Crippen LogP) is 3.89. The Labute approximate surface area is 197 Å². The van der Waals surface area contributed by atoms with Crippen molar-refractivity contribution in [3.63, 3.8) is 0 Å². The minimum Gasteiger partial charge on any atom is -0.494 e. The van der Waals surface area contributed by atoms with E-state index in [-0.39, 0.29) is 17.9 Å². The zero-order valence-corrected chi connectivity index (χ0v) is 19.6. The second-order valence-electron chi connectivity index (χ2n) is 10.2. The summed E-state index contributed by atoms with van der Waals surface area (Å²) in [4.78, 5) is 15.9. The molecule has 1 saturated heterocycles. The standard InChI is InChI=1S/C28H36N2O3/c1-20-9-7-14-23(17-20)33-16-8-15-30-18-24-25(19-30)26(24)29-27(31)28(32,22-12-5-6-13-22)21-10-3-2-4-11-21/h2-4,7,9-11,14,17,22,24-26,32H,5-6,8,12-13,15-16,18-19H2,1H3,(H,29,31)/t24-,25?,26?,28?/m0/s1. The van der Waals surface area contributed by atoms with Gasteiger partial charge in [0.2, 0.25) is 0 Å². The van der Waals surface area contributed by atoms with E-state index in [2.05, 4.69) is 29.3 Å². The highest BCUT2D eigenvalue weighted by Crippen LogP contribution is 2.47. The van der Waals surface area contributed by atoms with Gasteiger partial charge in [-0.05, 0) is 61.3 Å². The molecule has 1 heterocycles. The first-order chi connectivity index (χ1) is 16.1. The lowest BCUT2D eigenvalue weighted by molar-refractivity contribution is -0.147. The van der Waals surface area contributed by atoms with Gasteiger partial charge in [-0.15, -0.1) is 0 Å². The average molecular weight is 449 g/mol. The summed E-state index contributed by atoms with van der Waals surface area (Å²) in [5.41, 5.74) is 0.532. The zero-order chi connectivity index (χ0) is 22.8. The van der Waals surface area contributed by atoms with Crippen LogP contribution in [0, 0.1) is 24.7 Å². The molecule has 1 amide bonds. The van der Waals surface area contributed by atoms with Crippen LogP contribution in [0.1, 0.15) is 43.2 Å². The van der Waals surface area contributed by atoms with Gasteiger partial charge in [-0.3, -0.25) is 4.79 Å². The van der Waals surface area contributed by atoms with Crippen LogP contribution in [0.2, 0.25) is 0 Å². The average Bonchev–Trinajstić information content (AvgIpc) is 3.24. The number of hydrogen-bond acceptors (Lipinski definition) is 4. The van der Waals surface area contributed by atoms with Crippen LogP contribution in [0.25, 0.3) is 0 Å². The highest BCUT2D eigenvalue weighted by Gasteiger charge is 2.58. The second kappa shape index (κ2) is 9.47. The van der Waals surface area contributed by atoms with E-state index >= 15 is 0 Å². The number of ether oxygens (including phenoxy) is 1. The van der Waals surface area contributed by atoms with Crippen LogP contribution >= 0.6 is 0 Å². The van der Waals surface area contributed by atoms with Crippen molar-refractivity contribution in [2.45, 2.75) is 50.7 Å². The summed E-state index contributed by atoms with van der Waals surface area (Å²) in [5, 5.41) is 14.9. The van der Waals surface area contributed by atoms with E-state index in [0.717, 1.165) is 69.7 Å². The summed E-state index contributed by atoms with van der Waals surface area (Å²) in [6.07, 6.45) is 5.00. The Morgan fingerprint density at radius 3 is 2.52 bits per heavy atom. The summed E-state index contributed by atoms with van der Waals surface area (Å²) in [5.74, 6) is 1.77. The third kappa shape index (κ3) is 4.67. The number of likely N-dealkylation sites (tertiary alicyclic amines) is 1. The first-order valence-corrected chi connectivity index (χ1v) is 12.6. The van der Waals surface area contributed by atoms with Gasteiger partial charge in [0.15, 0.2) is 5.60 Å². The number of aliphatic hydroxyl groups is 1. The molecule has 2 saturated carbocycles. The Kier molecular flexibility index (Phi) is 6.44. The van der Waals surface area contributed by atoms with Crippen molar-refractivity contribution in [1.29, 1.82) is 0 Å². The van der Waals surface area contributed by atoms with Crippen molar-refractivity contribution in [3.8, 4) is 5.75 Å². The minimum absolute atomic E-state index is 0.00314. The largest absolute Gasteiger partial charge is 0.494 e. The zero-order valence-electron chi connectivity index (χ0n) is 19.6. The smallest absolute Gasteiger partial charge is 0.257 e. The molecule has 1 aliphatic heterocycles. The molecule has 4 atom stereocenters. The fourth-order valence-corrected chi connectivity index (χ4v) is 6.04. The number of nitrogens with one attached hydrogen (secondary N) is 1. The first-order valence-electron chi connectivity index (χ1n) is 12.6. The Morgan fingerprint density at radius 2 is 1.82 bits per heavy atom. The Hall–Kier alpha value is -2.37. The van der Waals surface area contributed by atoms with E-state index < -0.39 is 5.60 Å². The molecule has 2 N–H and O–H groups in total. The highest BCUT2D eigenvalue weighted by molar-refractivity contribution is 5.87. The molecule has 0 aromatic heterocycles. The van der Waals surface area contributed by atoms with Gasteiger partial charge < -0.3 is 20.1 Å². The van der Waals surface area contributed by atoms with E-state index in [0.29, 0.717) is 11.8 Å². The van der Waals surface area contributed by atoms with Crippen molar-refractivity contribution in [1.82, 2.24) is 10.2 Å². The van der Waals surface area contributed by atoms with Gasteiger partial charge in [-0.1, -0.05) is 55.3 Å². The molecular weight excluding hydrogens is 412 g/mol. The molecule has 5 heteroatoms. The van der Waals surface area contributed by atoms with Crippen molar-refractivity contribution < 1.29 is 14.6 Å². The monoisotopic (exact) mass is 448 g/mol. The summed E-state index contributed by atoms with van der Waals surface area (Å²) < 4.78 is 5.88. The molecule has 0 radical (unpaired) electrons. The molecule has 5 rings (SSSR count). The number of aryl methyl sites for hydroxylation is 1. The summed E-state index contributed by atoms with van der Waals surface area (Å²) in [6.45, 7) is 5.87. The lowest BCUT2D eigenvalue weighted by atomic mass is 9.79. The minimum atomic E-state index is -1.42. The highest BCUT2D eigenvalue weighted by atomic mass is 16.5. The predicted molar refractivity (Wildman–Crippen MR) is 129 cm³/mol.